The van der Waals surface area contributed by atoms with Gasteiger partial charge in [0.15, 0.2) is 0 Å². The first-order valence-corrected chi connectivity index (χ1v) is 8.94. The van der Waals surface area contributed by atoms with E-state index in [-0.39, 0.29) is 0 Å². The third-order valence-corrected chi connectivity index (χ3v) is 4.83. The second-order valence-electron chi connectivity index (χ2n) is 6.08. The van der Waals surface area contributed by atoms with E-state index in [1.165, 1.54) is 16.8 Å². The minimum atomic E-state index is 0.479. The van der Waals surface area contributed by atoms with Gasteiger partial charge in [0.1, 0.15) is 5.75 Å². The second kappa shape index (κ2) is 8.16. The number of phenols is 1. The molecule has 0 bridgehead atoms. The molecule has 1 fully saturated rings. The van der Waals surface area contributed by atoms with Crippen molar-refractivity contribution in [1.82, 2.24) is 10.2 Å². The fourth-order valence-electron chi connectivity index (χ4n) is 3.43. The Bertz CT molecular complexity index is 501. The molecule has 1 aliphatic heterocycles. The Hall–Kier alpha value is -0.806. The summed E-state index contributed by atoms with van der Waals surface area (Å²) in [6.07, 6.45) is 3.12. The molecule has 5 heteroatoms. The predicted octanol–water partition coefficient (Wildman–Crippen LogP) is 1.19. The summed E-state index contributed by atoms with van der Waals surface area (Å²) in [7, 11) is 4.22. The number of fused-ring (bicyclic) bond motifs is 1. The number of rotatable bonds is 2. The summed E-state index contributed by atoms with van der Waals surface area (Å²) in [5.41, 5.74) is 3.87. The van der Waals surface area contributed by atoms with Crippen molar-refractivity contribution in [2.45, 2.75) is 25.3 Å². The molecule has 22 heavy (non-hydrogen) atoms. The molecule has 1 aromatic rings. The van der Waals surface area contributed by atoms with Crippen LogP contribution >= 0.6 is 0 Å². The van der Waals surface area contributed by atoms with Crippen molar-refractivity contribution in [2.75, 3.05) is 45.2 Å². The van der Waals surface area contributed by atoms with Gasteiger partial charge >= 0.3 is 22.2 Å². The summed E-state index contributed by atoms with van der Waals surface area (Å²) >= 11 is 2.06. The van der Waals surface area contributed by atoms with Gasteiger partial charge in [-0.15, -0.1) is 0 Å². The molecular weight excluding hydrogens is 313 g/mol. The van der Waals surface area contributed by atoms with Gasteiger partial charge < -0.3 is 20.2 Å². The summed E-state index contributed by atoms with van der Waals surface area (Å²) in [6, 6.07) is 4.53. The van der Waals surface area contributed by atoms with Crippen LogP contribution in [0, 0.1) is 0 Å². The van der Waals surface area contributed by atoms with E-state index in [4.69, 9.17) is 0 Å². The Labute approximate surface area is 143 Å². The van der Waals surface area contributed by atoms with Gasteiger partial charge in [-0.25, -0.2) is 0 Å². The van der Waals surface area contributed by atoms with Crippen LogP contribution in [-0.4, -0.2) is 61.6 Å². The molecular formula is C17H27N3OV. The molecule has 1 aromatic carbocycles. The van der Waals surface area contributed by atoms with E-state index < -0.39 is 0 Å². The number of likely N-dealkylation sites (N-methyl/N-ethyl adjacent to an activating group) is 2. The first-order valence-electron chi connectivity index (χ1n) is 7.95. The Morgan fingerprint density at radius 1 is 1.18 bits per heavy atom. The molecule has 121 valence electrons. The summed E-state index contributed by atoms with van der Waals surface area (Å²) in [4.78, 5) is 4.86. The number of hydrogen-bond donors (Lipinski definition) is 2. The molecule has 0 aromatic heterocycles. The average molecular weight is 340 g/mol. The molecule has 1 saturated heterocycles. The molecule has 1 atom stereocenters. The van der Waals surface area contributed by atoms with Crippen LogP contribution in [0.2, 0.25) is 0 Å². The molecule has 3 rings (SSSR count). The number of aromatic hydroxyl groups is 1. The number of piperazine rings is 1. The molecule has 1 heterocycles. The molecule has 1 unspecified atom stereocenters. The van der Waals surface area contributed by atoms with Crippen molar-refractivity contribution in [1.29, 1.82) is 0 Å². The molecule has 2 N–H and O–H groups in total. The summed E-state index contributed by atoms with van der Waals surface area (Å²) in [6.45, 7) is 4.39. The van der Waals surface area contributed by atoms with E-state index in [1.54, 1.807) is 0 Å². The van der Waals surface area contributed by atoms with E-state index in [1.807, 2.05) is 13.1 Å². The van der Waals surface area contributed by atoms with Crippen molar-refractivity contribution in [3.63, 3.8) is 0 Å². The molecule has 0 radical (unpaired) electrons. The molecule has 0 amide bonds. The summed E-state index contributed by atoms with van der Waals surface area (Å²) < 4.78 is 0. The predicted molar refractivity (Wildman–Crippen MR) is 89.8 cm³/mol. The average Bonchev–Trinajstić information content (AvgIpc) is 2.58. The monoisotopic (exact) mass is 340 g/mol. The third-order valence-electron chi connectivity index (χ3n) is 4.83. The van der Waals surface area contributed by atoms with Crippen LogP contribution in [0.15, 0.2) is 12.1 Å². The molecule has 0 saturated carbocycles. The van der Waals surface area contributed by atoms with Crippen LogP contribution in [0.1, 0.15) is 17.5 Å². The normalized spacial score (nSPS) is 21.7. The van der Waals surface area contributed by atoms with Crippen LogP contribution in [0.25, 0.3) is 0 Å². The second-order valence-corrected chi connectivity index (χ2v) is 6.08. The third kappa shape index (κ3) is 3.74. The van der Waals surface area contributed by atoms with E-state index in [2.05, 4.69) is 50.4 Å². The van der Waals surface area contributed by atoms with Gasteiger partial charge in [0.25, 0.3) is 0 Å². The van der Waals surface area contributed by atoms with Crippen molar-refractivity contribution in [2.24, 2.45) is 0 Å². The van der Waals surface area contributed by atoms with E-state index in [9.17, 15) is 5.11 Å². The molecule has 2 aliphatic rings. The number of nitrogens with one attached hydrogen (secondary N) is 1. The Kier molecular flexibility index (Phi) is 6.51. The maximum absolute atomic E-state index is 10.1. The van der Waals surface area contributed by atoms with Gasteiger partial charge in [-0.05, 0) is 56.6 Å². The number of nitrogens with zero attached hydrogens (tertiary/aromatic N) is 2. The Balaban J connectivity index is 0.000000847. The van der Waals surface area contributed by atoms with Crippen molar-refractivity contribution >= 4 is 10.9 Å². The Morgan fingerprint density at radius 3 is 2.50 bits per heavy atom. The standard InChI is InChI=1S/C16H25N3O.CH2.V/c1-17-12-3-4-13-14(11-12)15(5-6-16(13)20)19-9-7-18(2)8-10-19;;/h5-6,12,17,20H,3-4,7-11H2,1-2H3;1H2;. The first kappa shape index (κ1) is 17.5. The van der Waals surface area contributed by atoms with E-state index in [0.29, 0.717) is 11.8 Å². The van der Waals surface area contributed by atoms with Gasteiger partial charge in [0.05, 0.1) is 0 Å². The molecule has 0 spiro atoms. The van der Waals surface area contributed by atoms with Crippen LogP contribution in [0.4, 0.5) is 5.69 Å². The zero-order valence-corrected chi connectivity index (χ0v) is 15.1. The van der Waals surface area contributed by atoms with Gasteiger partial charge in [-0.2, -0.15) is 0 Å². The van der Waals surface area contributed by atoms with Crippen LogP contribution in [0.3, 0.4) is 0 Å². The Morgan fingerprint density at radius 2 is 1.86 bits per heavy atom. The van der Waals surface area contributed by atoms with Gasteiger partial charge in [0, 0.05) is 37.9 Å². The fraction of sp³-hybridized carbons (Fsp3) is 0.588. The topological polar surface area (TPSA) is 38.7 Å². The summed E-state index contributed by atoms with van der Waals surface area (Å²) in [5, 5.41) is 16.7. The number of hydrogen-bond acceptors (Lipinski definition) is 4. The number of benzene rings is 1. The van der Waals surface area contributed by atoms with Gasteiger partial charge in [-0.3, -0.25) is 0 Å². The van der Waals surface area contributed by atoms with Gasteiger partial charge in [-0.1, -0.05) is 0 Å². The number of phenolic OH excluding ortho intramolecular Hbond substituents is 1. The van der Waals surface area contributed by atoms with Crippen LogP contribution in [0.5, 0.6) is 5.75 Å². The van der Waals surface area contributed by atoms with Gasteiger partial charge in [0.2, 0.25) is 0 Å². The van der Waals surface area contributed by atoms with E-state index in [0.717, 1.165) is 45.4 Å². The summed E-state index contributed by atoms with van der Waals surface area (Å²) in [5.74, 6) is 0.479. The van der Waals surface area contributed by atoms with Crippen LogP contribution < -0.4 is 10.2 Å². The molecule has 4 nitrogen and oxygen atoms in total. The zero-order valence-electron chi connectivity index (χ0n) is 13.7. The SMILES string of the molecule is CNC1CCc2c(O)ccc(N3CCN(C)CC3)c2C1.[CH2]=[V]. The van der Waals surface area contributed by atoms with Crippen molar-refractivity contribution < 1.29 is 22.1 Å². The zero-order chi connectivity index (χ0) is 16.1. The van der Waals surface area contributed by atoms with Crippen LogP contribution in [-0.2, 0) is 29.8 Å². The number of anilines is 1. The van der Waals surface area contributed by atoms with Crippen molar-refractivity contribution in [3.05, 3.63) is 23.3 Å². The first-order chi connectivity index (χ1) is 10.7. The maximum atomic E-state index is 10.1. The quantitative estimate of drug-likeness (QED) is 0.848. The van der Waals surface area contributed by atoms with E-state index >= 15 is 0 Å². The van der Waals surface area contributed by atoms with Crippen molar-refractivity contribution in [3.8, 4) is 5.75 Å². The molecule has 1 aliphatic carbocycles. The fourth-order valence-corrected chi connectivity index (χ4v) is 3.43. The minimum absolute atomic E-state index is 0.479.